The molecule has 1 aliphatic heterocycles. The van der Waals surface area contributed by atoms with Crippen LogP contribution in [0, 0.1) is 23.3 Å². The van der Waals surface area contributed by atoms with Gasteiger partial charge in [-0.3, -0.25) is 4.79 Å². The lowest BCUT2D eigenvalue weighted by molar-refractivity contribution is -0.123. The van der Waals surface area contributed by atoms with E-state index in [0.29, 0.717) is 0 Å². The highest BCUT2D eigenvalue weighted by molar-refractivity contribution is 7.91. The number of hydrogen-bond acceptors (Lipinski definition) is 4. The number of rotatable bonds is 4. The number of hydrogen-bond donors (Lipinski definition) is 1. The van der Waals surface area contributed by atoms with Crippen LogP contribution < -0.4 is 10.1 Å². The summed E-state index contributed by atoms with van der Waals surface area (Å²) in [4.78, 5) is 11.5. The topological polar surface area (TPSA) is 72.5 Å². The minimum absolute atomic E-state index is 0.0149. The van der Waals surface area contributed by atoms with Crippen molar-refractivity contribution in [2.75, 3.05) is 18.1 Å². The molecule has 0 unspecified atom stereocenters. The van der Waals surface area contributed by atoms with Crippen LogP contribution in [0.5, 0.6) is 5.75 Å². The molecule has 1 aliphatic rings. The number of ether oxygens (including phenoxy) is 1. The van der Waals surface area contributed by atoms with Gasteiger partial charge in [0.15, 0.2) is 33.8 Å². The van der Waals surface area contributed by atoms with Crippen LogP contribution in [-0.2, 0) is 14.6 Å². The van der Waals surface area contributed by atoms with Gasteiger partial charge in [-0.1, -0.05) is 0 Å². The standard InChI is InChI=1S/C12H11F4NO4S/c13-7-3-8(14)11(16)12(10(7)15)21-4-9(18)17-6-1-2-22(19,20)5-6/h3,6H,1-2,4-5H2,(H,17,18)/t6-/m0/s1. The number of amides is 1. The molecule has 1 amide bonds. The van der Waals surface area contributed by atoms with Gasteiger partial charge in [0, 0.05) is 12.1 Å². The summed E-state index contributed by atoms with van der Waals surface area (Å²) in [7, 11) is -3.21. The predicted octanol–water partition coefficient (Wildman–Crippen LogP) is 0.925. The third-order valence-electron chi connectivity index (χ3n) is 3.02. The van der Waals surface area contributed by atoms with Crippen molar-refractivity contribution in [1.82, 2.24) is 5.32 Å². The Kier molecular flexibility index (Phi) is 4.59. The quantitative estimate of drug-likeness (QED) is 0.653. The summed E-state index contributed by atoms with van der Waals surface area (Å²) in [6.45, 7) is -0.909. The second-order valence-electron chi connectivity index (χ2n) is 4.75. The first-order valence-electron chi connectivity index (χ1n) is 6.15. The third-order valence-corrected chi connectivity index (χ3v) is 4.78. The largest absolute Gasteiger partial charge is 0.477 e. The van der Waals surface area contributed by atoms with Gasteiger partial charge >= 0.3 is 0 Å². The van der Waals surface area contributed by atoms with Gasteiger partial charge in [0.2, 0.25) is 11.6 Å². The molecule has 122 valence electrons. The maximum absolute atomic E-state index is 13.3. The van der Waals surface area contributed by atoms with Crippen molar-refractivity contribution in [2.45, 2.75) is 12.5 Å². The Labute approximate surface area is 123 Å². The molecule has 22 heavy (non-hydrogen) atoms. The van der Waals surface area contributed by atoms with Crippen LogP contribution in [0.3, 0.4) is 0 Å². The van der Waals surface area contributed by atoms with Gasteiger partial charge in [-0.05, 0) is 6.42 Å². The van der Waals surface area contributed by atoms with E-state index >= 15 is 0 Å². The summed E-state index contributed by atoms with van der Waals surface area (Å²) in [5.41, 5.74) is 0. The van der Waals surface area contributed by atoms with E-state index in [1.54, 1.807) is 0 Å². The van der Waals surface area contributed by atoms with Crippen molar-refractivity contribution >= 4 is 15.7 Å². The number of nitrogens with one attached hydrogen (secondary N) is 1. The predicted molar refractivity (Wildman–Crippen MR) is 67.0 cm³/mol. The van der Waals surface area contributed by atoms with Crippen molar-refractivity contribution < 1.29 is 35.5 Å². The van der Waals surface area contributed by atoms with Crippen molar-refractivity contribution in [1.29, 1.82) is 0 Å². The van der Waals surface area contributed by atoms with Crippen LogP contribution in [0.15, 0.2) is 6.07 Å². The van der Waals surface area contributed by atoms with Crippen LogP contribution in [0.25, 0.3) is 0 Å². The van der Waals surface area contributed by atoms with E-state index in [9.17, 15) is 30.8 Å². The van der Waals surface area contributed by atoms with Gasteiger partial charge in [-0.15, -0.1) is 0 Å². The summed E-state index contributed by atoms with van der Waals surface area (Å²) in [5, 5.41) is 2.30. The number of carbonyl (C=O) groups is 1. The van der Waals surface area contributed by atoms with Crippen LogP contribution in [0.2, 0.25) is 0 Å². The average molecular weight is 341 g/mol. The van der Waals surface area contributed by atoms with Crippen molar-refractivity contribution in [3.63, 3.8) is 0 Å². The Bertz CT molecular complexity index is 681. The molecule has 0 spiro atoms. The first-order chi connectivity index (χ1) is 10.2. The number of benzene rings is 1. The van der Waals surface area contributed by atoms with Gasteiger partial charge in [0.05, 0.1) is 11.5 Å². The van der Waals surface area contributed by atoms with Crippen LogP contribution in [-0.4, -0.2) is 38.5 Å². The number of halogens is 4. The molecule has 0 aromatic heterocycles. The molecule has 0 aliphatic carbocycles. The molecule has 1 N–H and O–H groups in total. The SMILES string of the molecule is O=C(COc1c(F)c(F)cc(F)c1F)N[C@H]1CCS(=O)(=O)C1. The fourth-order valence-corrected chi connectivity index (χ4v) is 3.67. The molecule has 1 atom stereocenters. The van der Waals surface area contributed by atoms with Crippen LogP contribution >= 0.6 is 0 Å². The molecule has 0 bridgehead atoms. The third kappa shape index (κ3) is 3.67. The maximum atomic E-state index is 13.3. The lowest BCUT2D eigenvalue weighted by atomic mass is 10.2. The Morgan fingerprint density at radius 1 is 1.23 bits per heavy atom. The van der Waals surface area contributed by atoms with E-state index < -0.39 is 57.4 Å². The molecular formula is C12H11F4NO4S. The highest BCUT2D eigenvalue weighted by Crippen LogP contribution is 2.26. The Morgan fingerprint density at radius 3 is 2.32 bits per heavy atom. The normalized spacial score (nSPS) is 19.9. The zero-order valence-corrected chi connectivity index (χ0v) is 11.9. The molecule has 5 nitrogen and oxygen atoms in total. The molecule has 10 heteroatoms. The zero-order chi connectivity index (χ0) is 16.5. The highest BCUT2D eigenvalue weighted by atomic mass is 32.2. The lowest BCUT2D eigenvalue weighted by Gasteiger charge is -2.12. The molecule has 1 heterocycles. The summed E-state index contributed by atoms with van der Waals surface area (Å²) in [5.74, 6) is -9.33. The van der Waals surface area contributed by atoms with E-state index in [1.165, 1.54) is 0 Å². The zero-order valence-electron chi connectivity index (χ0n) is 11.0. The van der Waals surface area contributed by atoms with E-state index in [-0.39, 0.29) is 24.0 Å². The van der Waals surface area contributed by atoms with Gasteiger partial charge in [-0.25, -0.2) is 17.2 Å². The Morgan fingerprint density at radius 2 is 1.82 bits per heavy atom. The van der Waals surface area contributed by atoms with Gasteiger partial charge in [0.25, 0.3) is 5.91 Å². The first-order valence-corrected chi connectivity index (χ1v) is 7.97. The molecule has 1 fully saturated rings. The summed E-state index contributed by atoms with van der Waals surface area (Å²) >= 11 is 0. The van der Waals surface area contributed by atoms with Gasteiger partial charge in [0.1, 0.15) is 0 Å². The van der Waals surface area contributed by atoms with Gasteiger partial charge in [-0.2, -0.15) is 8.78 Å². The summed E-state index contributed by atoms with van der Waals surface area (Å²) in [6, 6.07) is -0.610. The molecule has 1 aromatic rings. The average Bonchev–Trinajstić information content (AvgIpc) is 2.75. The Balaban J connectivity index is 1.98. The summed E-state index contributed by atoms with van der Waals surface area (Å²) in [6.07, 6.45) is 0.214. The fourth-order valence-electron chi connectivity index (χ4n) is 1.99. The van der Waals surface area contributed by atoms with Crippen molar-refractivity contribution in [3.8, 4) is 5.75 Å². The van der Waals surface area contributed by atoms with E-state index in [1.807, 2.05) is 0 Å². The van der Waals surface area contributed by atoms with Crippen LogP contribution in [0.1, 0.15) is 6.42 Å². The smallest absolute Gasteiger partial charge is 0.258 e. The van der Waals surface area contributed by atoms with E-state index in [4.69, 9.17) is 0 Å². The van der Waals surface area contributed by atoms with E-state index in [0.717, 1.165) is 0 Å². The second-order valence-corrected chi connectivity index (χ2v) is 6.98. The number of carbonyl (C=O) groups excluding carboxylic acids is 1. The minimum Gasteiger partial charge on any atom is -0.477 e. The molecule has 0 saturated carbocycles. The monoisotopic (exact) mass is 341 g/mol. The second kappa shape index (κ2) is 6.11. The molecule has 0 radical (unpaired) electrons. The molecular weight excluding hydrogens is 330 g/mol. The molecule has 1 saturated heterocycles. The minimum atomic E-state index is -3.21. The van der Waals surface area contributed by atoms with Crippen molar-refractivity contribution in [3.05, 3.63) is 29.3 Å². The van der Waals surface area contributed by atoms with Gasteiger partial charge < -0.3 is 10.1 Å². The van der Waals surface area contributed by atoms with Crippen LogP contribution in [0.4, 0.5) is 17.6 Å². The summed E-state index contributed by atoms with van der Waals surface area (Å²) < 4.78 is 79.3. The fraction of sp³-hybridized carbons (Fsp3) is 0.417. The highest BCUT2D eigenvalue weighted by Gasteiger charge is 2.29. The first kappa shape index (κ1) is 16.5. The lowest BCUT2D eigenvalue weighted by Crippen LogP contribution is -2.38. The Hall–Kier alpha value is -1.84. The van der Waals surface area contributed by atoms with E-state index in [2.05, 4.69) is 10.1 Å². The van der Waals surface area contributed by atoms with Crippen molar-refractivity contribution in [2.24, 2.45) is 0 Å². The molecule has 2 rings (SSSR count). The molecule has 1 aromatic carbocycles. The maximum Gasteiger partial charge on any atom is 0.258 e. The number of sulfone groups is 1.